The molecule has 0 radical (unpaired) electrons. The van der Waals surface area contributed by atoms with E-state index in [2.05, 4.69) is 22.4 Å². The Labute approximate surface area is 120 Å². The predicted molar refractivity (Wildman–Crippen MR) is 81.9 cm³/mol. The molecule has 0 aliphatic rings. The fourth-order valence-electron chi connectivity index (χ4n) is 2.07. The summed E-state index contributed by atoms with van der Waals surface area (Å²) >= 11 is 2.69. The van der Waals surface area contributed by atoms with E-state index in [0.717, 1.165) is 35.6 Å². The SMILES string of the molecule is CCCCc1ccc2ccccc2c1OP(=O)(O)Br. The standard InChI is InChI=1S/C14H16BrO3P/c1-2-3-6-12-10-9-11-7-4-5-8-13(11)14(12)18-19(15,16)17/h4-5,7-10H,2-3,6H2,1H3,(H,16,17). The summed E-state index contributed by atoms with van der Waals surface area (Å²) in [4.78, 5) is 9.43. The van der Waals surface area contributed by atoms with Crippen molar-refractivity contribution in [3.8, 4) is 5.75 Å². The van der Waals surface area contributed by atoms with Gasteiger partial charge in [0.15, 0.2) is 0 Å². The monoisotopic (exact) mass is 342 g/mol. The fraction of sp³-hybridized carbons (Fsp3) is 0.286. The molecule has 5 heteroatoms. The molecular formula is C14H16BrO3P. The molecule has 0 fully saturated rings. The summed E-state index contributed by atoms with van der Waals surface area (Å²) in [5, 5.41) is 1.86. The van der Waals surface area contributed by atoms with Crippen LogP contribution < -0.4 is 4.52 Å². The van der Waals surface area contributed by atoms with Crippen molar-refractivity contribution in [1.82, 2.24) is 0 Å². The highest BCUT2D eigenvalue weighted by atomic mass is 79.9. The van der Waals surface area contributed by atoms with E-state index in [1.165, 1.54) is 0 Å². The van der Waals surface area contributed by atoms with Crippen molar-refractivity contribution in [2.75, 3.05) is 0 Å². The molecule has 1 N–H and O–H groups in total. The van der Waals surface area contributed by atoms with Crippen LogP contribution in [-0.4, -0.2) is 4.89 Å². The van der Waals surface area contributed by atoms with Crippen LogP contribution in [0.5, 0.6) is 5.75 Å². The summed E-state index contributed by atoms with van der Waals surface area (Å²) in [5.74, 6) is 0.509. The van der Waals surface area contributed by atoms with E-state index in [-0.39, 0.29) is 0 Å². The normalized spacial score (nSPS) is 14.3. The predicted octanol–water partition coefficient (Wildman–Crippen LogP) is 5.06. The van der Waals surface area contributed by atoms with Gasteiger partial charge in [0.2, 0.25) is 0 Å². The molecule has 19 heavy (non-hydrogen) atoms. The van der Waals surface area contributed by atoms with Gasteiger partial charge in [0.05, 0.1) is 15.5 Å². The van der Waals surface area contributed by atoms with Crippen LogP contribution in [0.4, 0.5) is 0 Å². The van der Waals surface area contributed by atoms with E-state index >= 15 is 0 Å². The number of benzene rings is 2. The number of fused-ring (bicyclic) bond motifs is 1. The summed E-state index contributed by atoms with van der Waals surface area (Å²) in [6, 6.07) is 11.7. The summed E-state index contributed by atoms with van der Waals surface area (Å²) in [5.41, 5.74) is 0.967. The first-order valence-corrected chi connectivity index (χ1v) is 9.83. The first-order chi connectivity index (χ1) is 9.01. The second-order valence-electron chi connectivity index (χ2n) is 4.42. The molecular weight excluding hydrogens is 327 g/mol. The van der Waals surface area contributed by atoms with Crippen molar-refractivity contribution in [3.05, 3.63) is 42.0 Å². The third-order valence-electron chi connectivity index (χ3n) is 2.96. The molecule has 0 bridgehead atoms. The van der Waals surface area contributed by atoms with Crippen molar-refractivity contribution in [3.63, 3.8) is 0 Å². The van der Waals surface area contributed by atoms with E-state index in [1.54, 1.807) is 0 Å². The molecule has 3 nitrogen and oxygen atoms in total. The van der Waals surface area contributed by atoms with Gasteiger partial charge in [0.25, 0.3) is 0 Å². The first-order valence-electron chi connectivity index (χ1n) is 6.24. The minimum Gasteiger partial charge on any atom is -0.416 e. The summed E-state index contributed by atoms with van der Waals surface area (Å²) < 4.78 is 16.8. The zero-order valence-corrected chi connectivity index (χ0v) is 13.2. The van der Waals surface area contributed by atoms with Gasteiger partial charge in [0.1, 0.15) is 5.75 Å². The highest BCUT2D eigenvalue weighted by Gasteiger charge is 2.19. The topological polar surface area (TPSA) is 46.5 Å². The number of hydrogen-bond donors (Lipinski definition) is 1. The molecule has 1 unspecified atom stereocenters. The Hall–Kier alpha value is -0.830. The average molecular weight is 343 g/mol. The Kier molecular flexibility index (Phi) is 4.67. The maximum Gasteiger partial charge on any atom is 0.444 e. The molecule has 0 amide bonds. The molecule has 2 aromatic carbocycles. The Bertz CT molecular complexity index is 621. The smallest absolute Gasteiger partial charge is 0.416 e. The second-order valence-corrected chi connectivity index (χ2v) is 8.20. The average Bonchev–Trinajstić information content (AvgIpc) is 2.36. The summed E-state index contributed by atoms with van der Waals surface area (Å²) in [7, 11) is 0. The van der Waals surface area contributed by atoms with Crippen LogP contribution in [0.3, 0.4) is 0 Å². The molecule has 0 spiro atoms. The second kappa shape index (κ2) is 6.08. The lowest BCUT2D eigenvalue weighted by Crippen LogP contribution is -1.94. The Morgan fingerprint density at radius 3 is 2.68 bits per heavy atom. The number of aryl methyl sites for hydroxylation is 1. The number of rotatable bonds is 5. The van der Waals surface area contributed by atoms with Crippen LogP contribution in [0.25, 0.3) is 10.8 Å². The lowest BCUT2D eigenvalue weighted by molar-refractivity contribution is 0.404. The highest BCUT2D eigenvalue weighted by molar-refractivity contribution is 9.39. The highest BCUT2D eigenvalue weighted by Crippen LogP contribution is 2.52. The van der Waals surface area contributed by atoms with Crippen molar-refractivity contribution >= 4 is 32.6 Å². The van der Waals surface area contributed by atoms with Gasteiger partial charge in [-0.3, -0.25) is 0 Å². The van der Waals surface area contributed by atoms with Crippen molar-refractivity contribution < 1.29 is 14.0 Å². The van der Waals surface area contributed by atoms with E-state index in [4.69, 9.17) is 4.52 Å². The third-order valence-corrected chi connectivity index (χ3v) is 3.81. The Morgan fingerprint density at radius 1 is 1.26 bits per heavy atom. The lowest BCUT2D eigenvalue weighted by atomic mass is 10.0. The Balaban J connectivity index is 2.54. The molecule has 0 saturated heterocycles. The molecule has 0 aliphatic carbocycles. The zero-order chi connectivity index (χ0) is 13.9. The number of hydrogen-bond acceptors (Lipinski definition) is 2. The molecule has 0 heterocycles. The van der Waals surface area contributed by atoms with Crippen molar-refractivity contribution in [1.29, 1.82) is 0 Å². The Morgan fingerprint density at radius 2 is 2.00 bits per heavy atom. The maximum absolute atomic E-state index is 11.5. The van der Waals surface area contributed by atoms with Gasteiger partial charge in [-0.2, -0.15) is 0 Å². The van der Waals surface area contributed by atoms with E-state index in [1.807, 2.05) is 36.4 Å². The molecule has 0 aliphatic heterocycles. The van der Waals surface area contributed by atoms with Crippen LogP contribution in [0.15, 0.2) is 36.4 Å². The van der Waals surface area contributed by atoms with Crippen LogP contribution in [-0.2, 0) is 11.0 Å². The first kappa shape index (κ1) is 14.6. The van der Waals surface area contributed by atoms with Gasteiger partial charge in [-0.05, 0) is 23.8 Å². The number of halogens is 1. The minimum atomic E-state index is -3.74. The van der Waals surface area contributed by atoms with E-state index in [9.17, 15) is 9.46 Å². The fourth-order valence-corrected chi connectivity index (χ4v) is 2.95. The molecule has 0 aromatic heterocycles. The van der Waals surface area contributed by atoms with E-state index in [0.29, 0.717) is 5.75 Å². The molecule has 102 valence electrons. The van der Waals surface area contributed by atoms with Gasteiger partial charge in [0, 0.05) is 5.39 Å². The molecule has 2 aromatic rings. The minimum absolute atomic E-state index is 0.509. The van der Waals surface area contributed by atoms with Crippen molar-refractivity contribution in [2.45, 2.75) is 26.2 Å². The summed E-state index contributed by atoms with van der Waals surface area (Å²) in [6.45, 7) is 2.11. The molecule has 2 rings (SSSR count). The van der Waals surface area contributed by atoms with Gasteiger partial charge in [-0.25, -0.2) is 4.57 Å². The van der Waals surface area contributed by atoms with Crippen LogP contribution >= 0.6 is 21.8 Å². The largest absolute Gasteiger partial charge is 0.444 e. The van der Waals surface area contributed by atoms with Gasteiger partial charge in [-0.1, -0.05) is 49.7 Å². The van der Waals surface area contributed by atoms with Crippen molar-refractivity contribution in [2.24, 2.45) is 0 Å². The third kappa shape index (κ3) is 3.82. The van der Waals surface area contributed by atoms with Crippen LogP contribution in [0, 0.1) is 0 Å². The molecule has 1 atom stereocenters. The lowest BCUT2D eigenvalue weighted by Gasteiger charge is -2.14. The zero-order valence-electron chi connectivity index (χ0n) is 10.7. The maximum atomic E-state index is 11.5. The number of unbranched alkanes of at least 4 members (excludes halogenated alkanes) is 1. The van der Waals surface area contributed by atoms with E-state index < -0.39 is 6.30 Å². The van der Waals surface area contributed by atoms with Gasteiger partial charge < -0.3 is 9.42 Å². The summed E-state index contributed by atoms with van der Waals surface area (Å²) in [6.07, 6.45) is -0.814. The van der Waals surface area contributed by atoms with Gasteiger partial charge in [-0.15, -0.1) is 0 Å². The van der Waals surface area contributed by atoms with Crippen LogP contribution in [0.2, 0.25) is 0 Å². The van der Waals surface area contributed by atoms with Crippen LogP contribution in [0.1, 0.15) is 25.3 Å². The molecule has 0 saturated carbocycles. The van der Waals surface area contributed by atoms with Gasteiger partial charge >= 0.3 is 6.30 Å². The quantitative estimate of drug-likeness (QED) is 0.772.